The van der Waals surface area contributed by atoms with Gasteiger partial charge < -0.3 is 10.2 Å². The highest BCUT2D eigenvalue weighted by Gasteiger charge is 2.66. The van der Waals surface area contributed by atoms with Crippen LogP contribution >= 0.6 is 0 Å². The summed E-state index contributed by atoms with van der Waals surface area (Å²) >= 11 is 0. The Morgan fingerprint density at radius 2 is 2.00 bits per heavy atom. The molecule has 2 N–H and O–H groups in total. The van der Waals surface area contributed by atoms with E-state index in [2.05, 4.69) is 13.0 Å². The number of hydrogen-bond donors (Lipinski definition) is 2. The number of aliphatic hydroxyl groups excluding tert-OH is 1. The molecule has 0 saturated heterocycles. The van der Waals surface area contributed by atoms with Gasteiger partial charge in [0.15, 0.2) is 11.4 Å². The monoisotopic (exact) mass is 329 g/mol. The van der Waals surface area contributed by atoms with Crippen molar-refractivity contribution < 1.29 is 15.0 Å². The Morgan fingerprint density at radius 1 is 1.25 bits per heavy atom. The van der Waals surface area contributed by atoms with Gasteiger partial charge in [0.25, 0.3) is 0 Å². The van der Waals surface area contributed by atoms with Crippen molar-refractivity contribution in [3.63, 3.8) is 0 Å². The van der Waals surface area contributed by atoms with Crippen molar-refractivity contribution in [3.05, 3.63) is 11.6 Å². The van der Waals surface area contributed by atoms with E-state index in [4.69, 9.17) is 0 Å². The van der Waals surface area contributed by atoms with Gasteiger partial charge in [0.1, 0.15) is 0 Å². The maximum Gasteiger partial charge on any atom is 0.156 e. The van der Waals surface area contributed by atoms with Crippen molar-refractivity contribution in [1.29, 1.82) is 5.26 Å². The van der Waals surface area contributed by atoms with Crippen molar-refractivity contribution >= 4 is 5.78 Å². The molecule has 0 aromatic rings. The second-order valence-corrected chi connectivity index (χ2v) is 9.09. The first-order valence-corrected chi connectivity index (χ1v) is 9.31. The normalized spacial score (nSPS) is 53.5. The smallest absolute Gasteiger partial charge is 0.156 e. The largest absolute Gasteiger partial charge is 0.393 e. The van der Waals surface area contributed by atoms with Gasteiger partial charge in [-0.25, -0.2) is 0 Å². The quantitative estimate of drug-likeness (QED) is 0.670. The maximum atomic E-state index is 11.9. The van der Waals surface area contributed by atoms with Crippen LogP contribution in [0.2, 0.25) is 0 Å². The minimum Gasteiger partial charge on any atom is -0.393 e. The van der Waals surface area contributed by atoms with Crippen molar-refractivity contribution in [2.45, 2.75) is 70.5 Å². The molecule has 4 rings (SSSR count). The molecule has 0 heterocycles. The van der Waals surface area contributed by atoms with E-state index in [1.165, 1.54) is 5.57 Å². The number of carbonyl (C=O) groups excluding carboxylic acids is 1. The molecule has 0 bridgehead atoms. The van der Waals surface area contributed by atoms with Crippen LogP contribution in [0.25, 0.3) is 0 Å². The summed E-state index contributed by atoms with van der Waals surface area (Å²) in [5.74, 6) is 0.975. The molecule has 4 nitrogen and oxygen atoms in total. The zero-order valence-corrected chi connectivity index (χ0v) is 14.6. The van der Waals surface area contributed by atoms with Crippen LogP contribution in [0.15, 0.2) is 11.6 Å². The highest BCUT2D eigenvalue weighted by molar-refractivity contribution is 5.91. The minimum absolute atomic E-state index is 0.106. The first kappa shape index (κ1) is 16.3. The third kappa shape index (κ3) is 1.83. The molecule has 0 unspecified atom stereocenters. The highest BCUT2D eigenvalue weighted by atomic mass is 16.3. The van der Waals surface area contributed by atoms with Crippen LogP contribution in [0, 0.1) is 39.9 Å². The molecule has 0 aromatic heterocycles. The van der Waals surface area contributed by atoms with Crippen LogP contribution in [0.4, 0.5) is 0 Å². The second-order valence-electron chi connectivity index (χ2n) is 9.09. The molecule has 4 heteroatoms. The van der Waals surface area contributed by atoms with Crippen LogP contribution in [-0.2, 0) is 4.79 Å². The van der Waals surface area contributed by atoms with E-state index in [9.17, 15) is 20.3 Å². The lowest BCUT2D eigenvalue weighted by Gasteiger charge is -2.60. The number of hydrogen-bond acceptors (Lipinski definition) is 4. The fourth-order valence-corrected chi connectivity index (χ4v) is 6.88. The average molecular weight is 329 g/mol. The summed E-state index contributed by atoms with van der Waals surface area (Å²) in [4.78, 5) is 11.9. The molecule has 0 spiro atoms. The molecule has 0 radical (unpaired) electrons. The zero-order chi connectivity index (χ0) is 17.3. The number of allylic oxidation sites excluding steroid dienone is 1. The molecule has 3 saturated carbocycles. The Hall–Kier alpha value is -1.18. The first-order valence-electron chi connectivity index (χ1n) is 9.31. The molecule has 0 amide bonds. The van der Waals surface area contributed by atoms with E-state index in [0.29, 0.717) is 25.2 Å². The van der Waals surface area contributed by atoms with E-state index in [-0.39, 0.29) is 23.0 Å². The predicted molar refractivity (Wildman–Crippen MR) is 88.7 cm³/mol. The van der Waals surface area contributed by atoms with Crippen molar-refractivity contribution in [1.82, 2.24) is 0 Å². The fourth-order valence-electron chi connectivity index (χ4n) is 6.88. The summed E-state index contributed by atoms with van der Waals surface area (Å²) in [5.41, 5.74) is -0.727. The number of carbonyl (C=O) groups is 1. The van der Waals surface area contributed by atoms with Crippen LogP contribution in [-0.4, -0.2) is 27.7 Å². The third-order valence-electron chi connectivity index (χ3n) is 8.23. The van der Waals surface area contributed by atoms with Crippen molar-refractivity contribution in [2.75, 3.05) is 0 Å². The van der Waals surface area contributed by atoms with Crippen molar-refractivity contribution in [3.8, 4) is 6.07 Å². The number of rotatable bonds is 0. The summed E-state index contributed by atoms with van der Waals surface area (Å²) in [6.45, 7) is 4.23. The van der Waals surface area contributed by atoms with E-state index >= 15 is 0 Å². The Labute approximate surface area is 143 Å². The van der Waals surface area contributed by atoms with Crippen molar-refractivity contribution in [2.24, 2.45) is 28.6 Å². The van der Waals surface area contributed by atoms with Gasteiger partial charge in [-0.2, -0.15) is 5.26 Å². The molecule has 130 valence electrons. The van der Waals surface area contributed by atoms with Crippen LogP contribution in [0.3, 0.4) is 0 Å². The Balaban J connectivity index is 1.76. The van der Waals surface area contributed by atoms with Gasteiger partial charge in [-0.3, -0.25) is 4.79 Å². The molecule has 3 fully saturated rings. The van der Waals surface area contributed by atoms with Gasteiger partial charge in [-0.1, -0.05) is 19.4 Å². The van der Waals surface area contributed by atoms with Gasteiger partial charge in [0, 0.05) is 11.8 Å². The molecule has 4 aliphatic rings. The van der Waals surface area contributed by atoms with Gasteiger partial charge in [-0.05, 0) is 67.8 Å². The summed E-state index contributed by atoms with van der Waals surface area (Å²) < 4.78 is 0. The molecular formula is C20H27NO3. The lowest BCUT2D eigenvalue weighted by molar-refractivity contribution is -0.156. The average Bonchev–Trinajstić information content (AvgIpc) is 2.79. The van der Waals surface area contributed by atoms with Crippen LogP contribution in [0.5, 0.6) is 0 Å². The summed E-state index contributed by atoms with van der Waals surface area (Å²) in [7, 11) is 0. The number of ketones is 1. The second kappa shape index (κ2) is 4.93. The molecule has 24 heavy (non-hydrogen) atoms. The molecule has 0 aliphatic heterocycles. The van der Waals surface area contributed by atoms with Gasteiger partial charge in [-0.15, -0.1) is 0 Å². The molecule has 7 atom stereocenters. The summed E-state index contributed by atoms with van der Waals surface area (Å²) in [6, 6.07) is 2.16. The molecule has 4 aliphatic carbocycles. The standard InChI is InChI=1S/C20H27NO3/c1-18-7-5-13(22)9-12(18)3-4-14-15-6-8-20(24,11-21)19(15,2)10-16(23)17(14)18/h9,14-17,23-24H,3-8,10H2,1-2H3/t14-,15-,16+,17+,18-,19-,20-/m0/s1. The molecule has 0 aromatic carbocycles. The van der Waals surface area contributed by atoms with E-state index in [1.807, 2.05) is 13.0 Å². The maximum absolute atomic E-state index is 11.9. The lowest BCUT2D eigenvalue weighted by Crippen LogP contribution is -2.59. The number of fused-ring (bicyclic) bond motifs is 5. The lowest BCUT2D eigenvalue weighted by atomic mass is 9.45. The van der Waals surface area contributed by atoms with Gasteiger partial charge >= 0.3 is 0 Å². The van der Waals surface area contributed by atoms with Gasteiger partial charge in [0.2, 0.25) is 0 Å². The van der Waals surface area contributed by atoms with E-state index < -0.39 is 17.1 Å². The number of nitriles is 1. The van der Waals surface area contributed by atoms with Crippen LogP contribution < -0.4 is 0 Å². The summed E-state index contributed by atoms with van der Waals surface area (Å²) in [6.07, 6.45) is 6.44. The SMILES string of the molecule is C[C@]12CCC(=O)C=C1CC[C@@H]1[C@@H]2[C@H](O)C[C@@]2(C)[C@H]1CC[C@]2(O)C#N. The zero-order valence-electron chi connectivity index (χ0n) is 14.6. The van der Waals surface area contributed by atoms with Crippen LogP contribution in [0.1, 0.15) is 58.8 Å². The topological polar surface area (TPSA) is 81.3 Å². The third-order valence-corrected chi connectivity index (χ3v) is 8.23. The fraction of sp³-hybridized carbons (Fsp3) is 0.800. The first-order chi connectivity index (χ1) is 11.2. The Kier molecular flexibility index (Phi) is 3.34. The van der Waals surface area contributed by atoms with E-state index in [1.54, 1.807) is 0 Å². The Morgan fingerprint density at radius 3 is 2.71 bits per heavy atom. The highest BCUT2D eigenvalue weighted by Crippen LogP contribution is 2.67. The predicted octanol–water partition coefficient (Wildman–Crippen LogP) is 2.74. The van der Waals surface area contributed by atoms with E-state index in [0.717, 1.165) is 25.7 Å². The minimum atomic E-state index is -1.32. The molecular weight excluding hydrogens is 302 g/mol. The summed E-state index contributed by atoms with van der Waals surface area (Å²) in [5, 5.41) is 31.5. The number of nitrogens with zero attached hydrogens (tertiary/aromatic N) is 1. The number of aliphatic hydroxyl groups is 2. The van der Waals surface area contributed by atoms with Gasteiger partial charge in [0.05, 0.1) is 12.2 Å². The Bertz CT molecular complexity index is 664.